The molecule has 0 fully saturated rings. The molecule has 14 heteroatoms. The topological polar surface area (TPSA) is 185 Å². The van der Waals surface area contributed by atoms with E-state index in [0.717, 1.165) is 31.2 Å². The summed E-state index contributed by atoms with van der Waals surface area (Å²) in [5, 5.41) is 14.7. The van der Waals surface area contributed by atoms with Crippen molar-refractivity contribution in [3.05, 3.63) is 35.9 Å². The van der Waals surface area contributed by atoms with E-state index in [0.29, 0.717) is 59.0 Å². The van der Waals surface area contributed by atoms with Gasteiger partial charge in [0.2, 0.25) is 11.8 Å². The number of ether oxygens (including phenoxy) is 6. The van der Waals surface area contributed by atoms with Crippen LogP contribution in [0.5, 0.6) is 0 Å². The largest absolute Gasteiger partial charge is 0.480 e. The van der Waals surface area contributed by atoms with Gasteiger partial charge in [-0.05, 0) is 45.6 Å². The molecule has 2 amide bonds. The molecule has 1 aromatic rings. The fraction of sp³-hybridized carbons (Fsp3) is 0.756. The first-order valence-corrected chi connectivity index (χ1v) is 22.0. The molecule has 1 unspecified atom stereocenters. The SMILES string of the molecule is CC(C)(C)OC(=O)CCCCCCCCCCCCCCCCC(=O)NCCOCCOCCOCCOCCC(=O)NC(CCC(=O)OCc1ccccc1)C(=O)O. The Morgan fingerprint density at radius 3 is 1.54 bits per heavy atom. The molecule has 0 aliphatic carbocycles. The highest BCUT2D eigenvalue weighted by Gasteiger charge is 2.21. The molecule has 0 radical (unpaired) electrons. The lowest BCUT2D eigenvalue weighted by atomic mass is 10.0. The van der Waals surface area contributed by atoms with Gasteiger partial charge in [-0.15, -0.1) is 0 Å². The van der Waals surface area contributed by atoms with E-state index >= 15 is 0 Å². The molecule has 338 valence electrons. The summed E-state index contributed by atoms with van der Waals surface area (Å²) in [4.78, 5) is 59.5. The number of unbranched alkanes of at least 4 members (excludes halogenated alkanes) is 13. The fourth-order valence-corrected chi connectivity index (χ4v) is 5.94. The molecule has 1 aromatic carbocycles. The molecule has 0 aromatic heterocycles. The average Bonchev–Trinajstić information content (AvgIpc) is 3.19. The van der Waals surface area contributed by atoms with Crippen molar-refractivity contribution < 1.29 is 57.5 Å². The quantitative estimate of drug-likeness (QED) is 0.0447. The molecule has 0 bridgehead atoms. The number of nitrogens with one attached hydrogen (secondary N) is 2. The van der Waals surface area contributed by atoms with Crippen molar-refractivity contribution in [3.8, 4) is 0 Å². The number of carboxylic acids is 1. The van der Waals surface area contributed by atoms with E-state index in [2.05, 4.69) is 10.6 Å². The third-order valence-electron chi connectivity index (χ3n) is 9.13. The molecule has 0 aliphatic heterocycles. The lowest BCUT2D eigenvalue weighted by Gasteiger charge is -2.19. The van der Waals surface area contributed by atoms with Crippen molar-refractivity contribution >= 4 is 29.7 Å². The number of amides is 2. The molecular weight excluding hydrogens is 760 g/mol. The minimum atomic E-state index is -1.23. The molecule has 1 atom stereocenters. The molecule has 14 nitrogen and oxygen atoms in total. The summed E-state index contributed by atoms with van der Waals surface area (Å²) in [6.45, 7) is 8.99. The highest BCUT2D eigenvalue weighted by atomic mass is 16.6. The number of benzene rings is 1. The molecule has 0 aliphatic rings. The second-order valence-corrected chi connectivity index (χ2v) is 15.7. The summed E-state index contributed by atoms with van der Waals surface area (Å²) in [6, 6.07) is 7.95. The summed E-state index contributed by atoms with van der Waals surface area (Å²) in [7, 11) is 0. The maximum atomic E-state index is 12.2. The molecule has 0 heterocycles. The molecule has 3 N–H and O–H groups in total. The van der Waals surface area contributed by atoms with E-state index < -0.39 is 29.5 Å². The van der Waals surface area contributed by atoms with E-state index in [4.69, 9.17) is 28.4 Å². The van der Waals surface area contributed by atoms with Gasteiger partial charge in [-0.3, -0.25) is 19.2 Å². The van der Waals surface area contributed by atoms with Crippen LogP contribution in [-0.4, -0.2) is 106 Å². The van der Waals surface area contributed by atoms with Crippen LogP contribution in [0, 0.1) is 0 Å². The van der Waals surface area contributed by atoms with Gasteiger partial charge in [-0.2, -0.15) is 0 Å². The van der Waals surface area contributed by atoms with Crippen LogP contribution in [0.25, 0.3) is 0 Å². The van der Waals surface area contributed by atoms with Gasteiger partial charge in [0, 0.05) is 32.2 Å². The molecule has 0 spiro atoms. The van der Waals surface area contributed by atoms with Gasteiger partial charge in [0.05, 0.1) is 52.9 Å². The van der Waals surface area contributed by atoms with Gasteiger partial charge in [-0.1, -0.05) is 107 Å². The summed E-state index contributed by atoms with van der Waals surface area (Å²) >= 11 is 0. The predicted molar refractivity (Wildman–Crippen MR) is 226 cm³/mol. The van der Waals surface area contributed by atoms with Crippen LogP contribution in [0.15, 0.2) is 30.3 Å². The molecule has 0 saturated carbocycles. The number of aliphatic carboxylic acids is 1. The molecule has 0 saturated heterocycles. The van der Waals surface area contributed by atoms with E-state index in [1.807, 2.05) is 51.1 Å². The number of carbonyl (C=O) groups is 5. The van der Waals surface area contributed by atoms with Crippen LogP contribution < -0.4 is 10.6 Å². The van der Waals surface area contributed by atoms with Gasteiger partial charge >= 0.3 is 17.9 Å². The predicted octanol–water partition coefficient (Wildman–Crippen LogP) is 7.24. The van der Waals surface area contributed by atoms with Gasteiger partial charge in [0.1, 0.15) is 18.2 Å². The number of carboxylic acid groups (broad SMARTS) is 1. The third-order valence-corrected chi connectivity index (χ3v) is 9.13. The first kappa shape index (κ1) is 53.4. The molecular formula is C45H76N2O12. The second kappa shape index (κ2) is 36.3. The zero-order valence-electron chi connectivity index (χ0n) is 36.4. The lowest BCUT2D eigenvalue weighted by molar-refractivity contribution is -0.155. The third kappa shape index (κ3) is 36.0. The number of rotatable bonds is 39. The van der Waals surface area contributed by atoms with Crippen LogP contribution in [0.4, 0.5) is 0 Å². The first-order chi connectivity index (χ1) is 28.5. The van der Waals surface area contributed by atoms with Crippen LogP contribution in [0.1, 0.15) is 148 Å². The van der Waals surface area contributed by atoms with Crippen LogP contribution in [0.3, 0.4) is 0 Å². The fourth-order valence-electron chi connectivity index (χ4n) is 5.94. The zero-order valence-corrected chi connectivity index (χ0v) is 36.4. The average molecular weight is 837 g/mol. The van der Waals surface area contributed by atoms with Gasteiger partial charge in [0.25, 0.3) is 0 Å². The van der Waals surface area contributed by atoms with Crippen LogP contribution in [0.2, 0.25) is 0 Å². The van der Waals surface area contributed by atoms with Gasteiger partial charge in [-0.25, -0.2) is 4.79 Å². The highest BCUT2D eigenvalue weighted by Crippen LogP contribution is 2.15. The van der Waals surface area contributed by atoms with E-state index in [-0.39, 0.29) is 51.0 Å². The Labute approximate surface area is 353 Å². The Bertz CT molecular complexity index is 1240. The number of hydrogen-bond donors (Lipinski definition) is 3. The Morgan fingerprint density at radius 2 is 1.03 bits per heavy atom. The highest BCUT2D eigenvalue weighted by molar-refractivity contribution is 5.84. The maximum absolute atomic E-state index is 12.2. The van der Waals surface area contributed by atoms with E-state index in [1.54, 1.807) is 0 Å². The van der Waals surface area contributed by atoms with Crippen molar-refractivity contribution in [1.82, 2.24) is 10.6 Å². The van der Waals surface area contributed by atoms with Crippen molar-refractivity contribution in [2.45, 2.75) is 161 Å². The van der Waals surface area contributed by atoms with Gasteiger partial charge < -0.3 is 44.2 Å². The normalized spacial score (nSPS) is 11.8. The van der Waals surface area contributed by atoms with Crippen molar-refractivity contribution in [2.24, 2.45) is 0 Å². The van der Waals surface area contributed by atoms with Crippen molar-refractivity contribution in [3.63, 3.8) is 0 Å². The molecule has 1 rings (SSSR count). The van der Waals surface area contributed by atoms with Crippen molar-refractivity contribution in [2.75, 3.05) is 59.4 Å². The molecule has 59 heavy (non-hydrogen) atoms. The Balaban J connectivity index is 1.80. The standard InChI is InChI=1S/C45H76N2O12/c1-45(2,3)59-43(51)24-20-15-13-11-9-7-5-4-6-8-10-12-14-19-23-40(48)46-28-30-55-32-34-57-36-35-56-33-31-54-29-27-41(49)47-39(44(52)53)25-26-42(50)58-37-38-21-17-16-18-22-38/h16-18,21-22,39H,4-15,19-20,23-37H2,1-3H3,(H,46,48)(H,47,49)(H,52,53). The lowest BCUT2D eigenvalue weighted by Crippen LogP contribution is -2.41. The van der Waals surface area contributed by atoms with Gasteiger partial charge in [0.15, 0.2) is 0 Å². The van der Waals surface area contributed by atoms with Crippen molar-refractivity contribution in [1.29, 1.82) is 0 Å². The first-order valence-electron chi connectivity index (χ1n) is 22.0. The second-order valence-electron chi connectivity index (χ2n) is 15.7. The maximum Gasteiger partial charge on any atom is 0.326 e. The van der Waals surface area contributed by atoms with E-state index in [9.17, 15) is 29.1 Å². The van der Waals surface area contributed by atoms with E-state index in [1.165, 1.54) is 64.2 Å². The number of esters is 2. The minimum absolute atomic E-state index is 0.0264. The monoisotopic (exact) mass is 837 g/mol. The smallest absolute Gasteiger partial charge is 0.326 e. The Hall–Kier alpha value is -3.59. The summed E-state index contributed by atoms with van der Waals surface area (Å²) in [5.41, 5.74) is 0.438. The Kier molecular flexibility index (Phi) is 32.9. The van der Waals surface area contributed by atoms with Crippen LogP contribution in [-0.2, 0) is 59.0 Å². The Morgan fingerprint density at radius 1 is 0.559 bits per heavy atom. The summed E-state index contributed by atoms with van der Waals surface area (Å²) < 4.78 is 32.3. The number of hydrogen-bond acceptors (Lipinski definition) is 11. The summed E-state index contributed by atoms with van der Waals surface area (Å²) in [5.74, 6) is -2.27. The number of carbonyl (C=O) groups excluding carboxylic acids is 4. The summed E-state index contributed by atoms with van der Waals surface area (Å²) in [6.07, 6.45) is 17.5. The zero-order chi connectivity index (χ0) is 43.2. The van der Waals surface area contributed by atoms with Crippen LogP contribution >= 0.6 is 0 Å². The minimum Gasteiger partial charge on any atom is -0.480 e.